The van der Waals surface area contributed by atoms with Gasteiger partial charge in [0, 0.05) is 13.1 Å². The van der Waals surface area contributed by atoms with Gasteiger partial charge < -0.3 is 21.1 Å². The van der Waals surface area contributed by atoms with E-state index < -0.39 is 5.91 Å². The maximum Gasteiger partial charge on any atom is 0.254 e. The molecule has 1 aromatic heterocycles. The van der Waals surface area contributed by atoms with E-state index in [9.17, 15) is 4.79 Å². The van der Waals surface area contributed by atoms with Gasteiger partial charge in [-0.05, 0) is 6.92 Å². The van der Waals surface area contributed by atoms with Crippen LogP contribution in [0.25, 0.3) is 0 Å². The van der Waals surface area contributed by atoms with Crippen LogP contribution in [0, 0.1) is 6.92 Å². The third-order valence-corrected chi connectivity index (χ3v) is 2.65. The molecule has 2 rings (SSSR count). The first-order valence-electron chi connectivity index (χ1n) is 5.36. The number of carbonyl (C=O) groups is 1. The summed E-state index contributed by atoms with van der Waals surface area (Å²) in [7, 11) is 0. The van der Waals surface area contributed by atoms with Gasteiger partial charge >= 0.3 is 0 Å². The molecule has 4 N–H and O–H groups in total. The Morgan fingerprint density at radius 1 is 1.35 bits per heavy atom. The zero-order chi connectivity index (χ0) is 12.4. The van der Waals surface area contributed by atoms with Gasteiger partial charge in [0.1, 0.15) is 11.4 Å². The molecular formula is C10H15N5O2. The minimum absolute atomic E-state index is 0.131. The van der Waals surface area contributed by atoms with E-state index in [1.165, 1.54) is 0 Å². The molecule has 92 valence electrons. The summed E-state index contributed by atoms with van der Waals surface area (Å²) >= 11 is 0. The number of rotatable bonds is 2. The van der Waals surface area contributed by atoms with Gasteiger partial charge in [-0.15, -0.1) is 0 Å². The van der Waals surface area contributed by atoms with E-state index >= 15 is 0 Å². The van der Waals surface area contributed by atoms with Gasteiger partial charge in [-0.25, -0.2) is 4.98 Å². The molecule has 0 unspecified atom stereocenters. The highest BCUT2D eigenvalue weighted by molar-refractivity contribution is 5.98. The summed E-state index contributed by atoms with van der Waals surface area (Å²) in [5.74, 6) is 0.0494. The predicted molar refractivity (Wildman–Crippen MR) is 62.7 cm³/mol. The number of hydrogen-bond donors (Lipinski definition) is 2. The minimum atomic E-state index is -0.603. The highest BCUT2D eigenvalue weighted by atomic mass is 16.5. The van der Waals surface area contributed by atoms with E-state index in [1.807, 2.05) is 4.90 Å². The smallest absolute Gasteiger partial charge is 0.254 e. The Morgan fingerprint density at radius 3 is 2.53 bits per heavy atom. The van der Waals surface area contributed by atoms with E-state index in [1.54, 1.807) is 6.92 Å². The number of aromatic nitrogens is 2. The molecule has 0 bridgehead atoms. The van der Waals surface area contributed by atoms with Crippen LogP contribution in [-0.4, -0.2) is 42.2 Å². The molecule has 1 aromatic rings. The fourth-order valence-corrected chi connectivity index (χ4v) is 1.79. The van der Waals surface area contributed by atoms with Crippen LogP contribution in [0.3, 0.4) is 0 Å². The van der Waals surface area contributed by atoms with Crippen molar-refractivity contribution >= 4 is 17.7 Å². The molecule has 0 radical (unpaired) electrons. The topological polar surface area (TPSA) is 107 Å². The molecule has 2 heterocycles. The molecule has 1 fully saturated rings. The van der Waals surface area contributed by atoms with Crippen molar-refractivity contribution in [3.05, 3.63) is 11.3 Å². The number of amides is 1. The number of morpholine rings is 1. The number of nitrogen functional groups attached to an aromatic ring is 1. The Balaban J connectivity index is 2.34. The summed E-state index contributed by atoms with van der Waals surface area (Å²) in [6.45, 7) is 4.41. The second-order valence-corrected chi connectivity index (χ2v) is 3.83. The number of aryl methyl sites for hydroxylation is 1. The van der Waals surface area contributed by atoms with E-state index in [0.717, 1.165) is 13.1 Å². The largest absolute Gasteiger partial charge is 0.383 e. The summed E-state index contributed by atoms with van der Waals surface area (Å²) in [5.41, 5.74) is 11.6. The molecule has 7 nitrogen and oxygen atoms in total. The van der Waals surface area contributed by atoms with E-state index in [2.05, 4.69) is 9.97 Å². The molecule has 1 aliphatic heterocycles. The lowest BCUT2D eigenvalue weighted by molar-refractivity contribution is 0.0999. The van der Waals surface area contributed by atoms with Gasteiger partial charge in [-0.2, -0.15) is 4.98 Å². The molecule has 1 saturated heterocycles. The summed E-state index contributed by atoms with van der Waals surface area (Å²) in [6, 6.07) is 0. The van der Waals surface area contributed by atoms with E-state index in [-0.39, 0.29) is 11.4 Å². The molecular weight excluding hydrogens is 222 g/mol. The fraction of sp³-hybridized carbons (Fsp3) is 0.500. The number of primary amides is 1. The van der Waals surface area contributed by atoms with Crippen molar-refractivity contribution in [3.63, 3.8) is 0 Å². The maximum absolute atomic E-state index is 11.2. The van der Waals surface area contributed by atoms with E-state index in [0.29, 0.717) is 24.9 Å². The average molecular weight is 237 g/mol. The van der Waals surface area contributed by atoms with Crippen LogP contribution in [-0.2, 0) is 4.74 Å². The van der Waals surface area contributed by atoms with Crippen molar-refractivity contribution in [1.29, 1.82) is 0 Å². The first-order valence-corrected chi connectivity index (χ1v) is 5.36. The van der Waals surface area contributed by atoms with Crippen LogP contribution in [0.2, 0.25) is 0 Å². The summed E-state index contributed by atoms with van der Waals surface area (Å²) in [4.78, 5) is 21.5. The Hall–Kier alpha value is -1.89. The van der Waals surface area contributed by atoms with Crippen molar-refractivity contribution in [2.24, 2.45) is 5.73 Å². The van der Waals surface area contributed by atoms with Crippen LogP contribution in [0.1, 0.15) is 16.1 Å². The molecule has 0 spiro atoms. The van der Waals surface area contributed by atoms with Gasteiger partial charge in [0.05, 0.1) is 18.9 Å². The number of ether oxygens (including phenoxy) is 1. The Morgan fingerprint density at radius 2 is 2.00 bits per heavy atom. The van der Waals surface area contributed by atoms with Crippen molar-refractivity contribution in [3.8, 4) is 0 Å². The predicted octanol–water partition coefficient (Wildman–Crippen LogP) is -0.697. The van der Waals surface area contributed by atoms with Crippen molar-refractivity contribution in [1.82, 2.24) is 9.97 Å². The highest BCUT2D eigenvalue weighted by Crippen LogP contribution is 2.18. The standard InChI is InChI=1S/C10H15N5O2/c1-6-7(9(12)16)8(11)14-10(13-6)15-2-4-17-5-3-15/h2-5H2,1H3,(H2,12,16)(H2,11,13,14). The SMILES string of the molecule is Cc1nc(N2CCOCC2)nc(N)c1C(N)=O. The number of anilines is 2. The average Bonchev–Trinajstić information content (AvgIpc) is 2.28. The van der Waals surface area contributed by atoms with Crippen molar-refractivity contribution < 1.29 is 9.53 Å². The molecule has 0 saturated carbocycles. The summed E-state index contributed by atoms with van der Waals surface area (Å²) in [5, 5.41) is 0. The number of nitrogens with two attached hydrogens (primary N) is 2. The summed E-state index contributed by atoms with van der Waals surface area (Å²) < 4.78 is 5.24. The maximum atomic E-state index is 11.2. The van der Waals surface area contributed by atoms with E-state index in [4.69, 9.17) is 16.2 Å². The lowest BCUT2D eigenvalue weighted by Gasteiger charge is -2.27. The van der Waals surface area contributed by atoms with Crippen LogP contribution in [0.5, 0.6) is 0 Å². The third-order valence-electron chi connectivity index (χ3n) is 2.65. The quantitative estimate of drug-likeness (QED) is 0.704. The van der Waals surface area contributed by atoms with Crippen molar-refractivity contribution in [2.45, 2.75) is 6.92 Å². The van der Waals surface area contributed by atoms with Crippen LogP contribution < -0.4 is 16.4 Å². The molecule has 0 aromatic carbocycles. The van der Waals surface area contributed by atoms with Gasteiger partial charge in [0.25, 0.3) is 5.91 Å². The highest BCUT2D eigenvalue weighted by Gasteiger charge is 2.19. The van der Waals surface area contributed by atoms with Crippen LogP contribution in [0.4, 0.5) is 11.8 Å². The van der Waals surface area contributed by atoms with Gasteiger partial charge in [-0.3, -0.25) is 4.79 Å². The van der Waals surface area contributed by atoms with Crippen LogP contribution in [0.15, 0.2) is 0 Å². The normalized spacial score (nSPS) is 15.9. The monoisotopic (exact) mass is 237 g/mol. The fourth-order valence-electron chi connectivity index (χ4n) is 1.79. The van der Waals surface area contributed by atoms with Crippen molar-refractivity contribution in [2.75, 3.05) is 36.9 Å². The summed E-state index contributed by atoms with van der Waals surface area (Å²) in [6.07, 6.45) is 0. The second kappa shape index (κ2) is 4.54. The van der Waals surface area contributed by atoms with Gasteiger partial charge in [-0.1, -0.05) is 0 Å². The molecule has 7 heteroatoms. The molecule has 17 heavy (non-hydrogen) atoms. The Labute approximate surface area is 98.8 Å². The Bertz CT molecular complexity index is 419. The lowest BCUT2D eigenvalue weighted by atomic mass is 10.2. The Kier molecular flexibility index (Phi) is 3.10. The first-order chi connectivity index (χ1) is 8.09. The minimum Gasteiger partial charge on any atom is -0.383 e. The third kappa shape index (κ3) is 2.28. The molecule has 1 amide bonds. The zero-order valence-electron chi connectivity index (χ0n) is 9.64. The first kappa shape index (κ1) is 11.6. The molecule has 1 aliphatic rings. The number of hydrogen-bond acceptors (Lipinski definition) is 6. The van der Waals surface area contributed by atoms with Crippen LogP contribution >= 0.6 is 0 Å². The van der Waals surface area contributed by atoms with Gasteiger partial charge in [0.2, 0.25) is 5.95 Å². The lowest BCUT2D eigenvalue weighted by Crippen LogP contribution is -2.37. The second-order valence-electron chi connectivity index (χ2n) is 3.83. The number of nitrogens with zero attached hydrogens (tertiary/aromatic N) is 3. The zero-order valence-corrected chi connectivity index (χ0v) is 9.64. The molecule has 0 atom stereocenters. The van der Waals surface area contributed by atoms with Gasteiger partial charge in [0.15, 0.2) is 0 Å². The number of carbonyl (C=O) groups excluding carboxylic acids is 1. The molecule has 0 aliphatic carbocycles.